The Labute approximate surface area is 134 Å². The molecule has 0 unspecified atom stereocenters. The van der Waals surface area contributed by atoms with Crippen molar-refractivity contribution in [3.05, 3.63) is 22.8 Å². The maximum atomic E-state index is 11.0. The first-order valence-corrected chi connectivity index (χ1v) is 8.62. The van der Waals surface area contributed by atoms with Gasteiger partial charge in [0.2, 0.25) is 0 Å². The summed E-state index contributed by atoms with van der Waals surface area (Å²) in [5.74, 6) is 1.51. The molecular formula is C20H30O2. The molecule has 0 atom stereocenters. The van der Waals surface area contributed by atoms with Gasteiger partial charge in [0.05, 0.1) is 0 Å². The second-order valence-electron chi connectivity index (χ2n) is 9.29. The predicted molar refractivity (Wildman–Crippen MR) is 91.0 cm³/mol. The predicted octanol–water partition coefficient (Wildman–Crippen LogP) is 5.23. The molecule has 122 valence electrons. The zero-order valence-electron chi connectivity index (χ0n) is 15.0. The normalized spacial score (nSPS) is 20.3. The van der Waals surface area contributed by atoms with Crippen LogP contribution in [0.15, 0.2) is 6.07 Å². The van der Waals surface area contributed by atoms with Crippen LogP contribution in [-0.2, 0) is 17.3 Å². The van der Waals surface area contributed by atoms with Gasteiger partial charge in [0.15, 0.2) is 0 Å². The summed E-state index contributed by atoms with van der Waals surface area (Å²) in [6.45, 7) is 13.0. The summed E-state index contributed by atoms with van der Waals surface area (Å²) in [6, 6.07) is 2.10. The van der Waals surface area contributed by atoms with Gasteiger partial charge in [0.1, 0.15) is 17.1 Å². The van der Waals surface area contributed by atoms with Gasteiger partial charge in [-0.15, -0.1) is 0 Å². The van der Waals surface area contributed by atoms with E-state index in [4.69, 9.17) is 4.74 Å². The monoisotopic (exact) mass is 302 g/mol. The Hall–Kier alpha value is -1.18. The fourth-order valence-electron chi connectivity index (χ4n) is 4.22. The molecule has 1 aliphatic heterocycles. The van der Waals surface area contributed by atoms with Crippen LogP contribution in [0.4, 0.5) is 0 Å². The lowest BCUT2D eigenvalue weighted by atomic mass is 9.76. The van der Waals surface area contributed by atoms with E-state index in [0.717, 1.165) is 36.1 Å². The molecule has 1 N–H and O–H groups in total. The van der Waals surface area contributed by atoms with Gasteiger partial charge < -0.3 is 9.84 Å². The fraction of sp³-hybridized carbons (Fsp3) is 0.700. The molecule has 1 fully saturated rings. The highest BCUT2D eigenvalue weighted by atomic mass is 16.5. The molecule has 2 aliphatic rings. The minimum Gasteiger partial charge on any atom is -0.507 e. The van der Waals surface area contributed by atoms with Crippen molar-refractivity contribution in [3.63, 3.8) is 0 Å². The van der Waals surface area contributed by atoms with Crippen molar-refractivity contribution in [3.8, 4) is 11.5 Å². The Kier molecular flexibility index (Phi) is 3.33. The van der Waals surface area contributed by atoms with Crippen molar-refractivity contribution in [1.82, 2.24) is 0 Å². The molecule has 0 aromatic heterocycles. The van der Waals surface area contributed by atoms with E-state index in [9.17, 15) is 5.11 Å². The van der Waals surface area contributed by atoms with Crippen molar-refractivity contribution in [2.45, 2.75) is 90.1 Å². The summed E-state index contributed by atoms with van der Waals surface area (Å²) in [5.41, 5.74) is 3.19. The first kappa shape index (κ1) is 15.7. The lowest BCUT2D eigenvalue weighted by Crippen LogP contribution is -2.30. The van der Waals surface area contributed by atoms with Gasteiger partial charge in [-0.1, -0.05) is 41.5 Å². The first-order valence-electron chi connectivity index (χ1n) is 8.62. The highest BCUT2D eigenvalue weighted by Crippen LogP contribution is 2.52. The van der Waals surface area contributed by atoms with E-state index in [1.165, 1.54) is 18.4 Å². The van der Waals surface area contributed by atoms with E-state index >= 15 is 0 Å². The lowest BCUT2D eigenvalue weighted by molar-refractivity contribution is 0.103. The molecule has 0 radical (unpaired) electrons. The molecular weight excluding hydrogens is 272 g/mol. The standard InChI is InChI=1S/C20H30O2/c1-18(2,3)14-11-15-13(16(17(14)21)19(4,5)6)12-20(22-15)9-7-8-10-20/h11,21H,7-10,12H2,1-6H3. The zero-order chi connectivity index (χ0) is 16.3. The van der Waals surface area contributed by atoms with Crippen molar-refractivity contribution < 1.29 is 9.84 Å². The number of phenols is 1. The number of fused-ring (bicyclic) bond motifs is 1. The van der Waals surface area contributed by atoms with E-state index in [0.29, 0.717) is 5.75 Å². The third-order valence-corrected chi connectivity index (χ3v) is 5.26. The summed E-state index contributed by atoms with van der Waals surface area (Å²) in [5, 5.41) is 11.0. The fourth-order valence-corrected chi connectivity index (χ4v) is 4.22. The summed E-state index contributed by atoms with van der Waals surface area (Å²) >= 11 is 0. The van der Waals surface area contributed by atoms with Crippen LogP contribution < -0.4 is 4.74 Å². The van der Waals surface area contributed by atoms with E-state index in [1.54, 1.807) is 0 Å². The smallest absolute Gasteiger partial charge is 0.124 e. The van der Waals surface area contributed by atoms with Crippen LogP contribution in [0.2, 0.25) is 0 Å². The molecule has 1 aromatic rings. The van der Waals surface area contributed by atoms with E-state index in [1.807, 2.05) is 0 Å². The average molecular weight is 302 g/mol. The van der Waals surface area contributed by atoms with Crippen molar-refractivity contribution in [2.24, 2.45) is 0 Å². The van der Waals surface area contributed by atoms with Gasteiger partial charge in [0.25, 0.3) is 0 Å². The minimum absolute atomic E-state index is 0.00524. The molecule has 0 bridgehead atoms. The van der Waals surface area contributed by atoms with Crippen molar-refractivity contribution in [2.75, 3.05) is 0 Å². The zero-order valence-corrected chi connectivity index (χ0v) is 15.0. The van der Waals surface area contributed by atoms with Crippen LogP contribution in [0, 0.1) is 0 Å². The van der Waals surface area contributed by atoms with Crippen LogP contribution in [0.25, 0.3) is 0 Å². The molecule has 1 aromatic carbocycles. The Morgan fingerprint density at radius 2 is 1.59 bits per heavy atom. The minimum atomic E-state index is -0.0894. The molecule has 1 heterocycles. The van der Waals surface area contributed by atoms with Crippen LogP contribution >= 0.6 is 0 Å². The molecule has 1 spiro atoms. The summed E-state index contributed by atoms with van der Waals surface area (Å²) < 4.78 is 6.47. The molecule has 2 heteroatoms. The van der Waals surface area contributed by atoms with Crippen LogP contribution in [0.5, 0.6) is 11.5 Å². The molecule has 3 rings (SSSR count). The van der Waals surface area contributed by atoms with Gasteiger partial charge in [0, 0.05) is 23.1 Å². The van der Waals surface area contributed by atoms with Crippen LogP contribution in [0.1, 0.15) is 83.9 Å². The third-order valence-electron chi connectivity index (χ3n) is 5.26. The maximum absolute atomic E-state index is 11.0. The molecule has 0 amide bonds. The largest absolute Gasteiger partial charge is 0.507 e. The number of aromatic hydroxyl groups is 1. The highest BCUT2D eigenvalue weighted by molar-refractivity contribution is 5.59. The quantitative estimate of drug-likeness (QED) is 0.710. The SMILES string of the molecule is CC(C)(C)c1cc2c(c(C(C)(C)C)c1O)CC1(CCCC1)O2. The Bertz CT molecular complexity index is 594. The van der Waals surface area contributed by atoms with Crippen LogP contribution in [0.3, 0.4) is 0 Å². The van der Waals surface area contributed by atoms with Gasteiger partial charge in [-0.25, -0.2) is 0 Å². The van der Waals surface area contributed by atoms with E-state index < -0.39 is 0 Å². The average Bonchev–Trinajstić information content (AvgIpc) is 2.92. The molecule has 1 aliphatic carbocycles. The highest BCUT2D eigenvalue weighted by Gasteiger charge is 2.45. The number of ether oxygens (including phenoxy) is 1. The molecule has 22 heavy (non-hydrogen) atoms. The maximum Gasteiger partial charge on any atom is 0.124 e. The van der Waals surface area contributed by atoms with Crippen molar-refractivity contribution in [1.29, 1.82) is 0 Å². The van der Waals surface area contributed by atoms with E-state index in [2.05, 4.69) is 47.6 Å². The Balaban J connectivity index is 2.20. The number of phenolic OH excluding ortho intramolecular Hbond substituents is 1. The summed E-state index contributed by atoms with van der Waals surface area (Å²) in [7, 11) is 0. The van der Waals surface area contributed by atoms with Gasteiger partial charge in [-0.3, -0.25) is 0 Å². The number of benzene rings is 1. The topological polar surface area (TPSA) is 29.5 Å². The van der Waals surface area contributed by atoms with Crippen molar-refractivity contribution >= 4 is 0 Å². The van der Waals surface area contributed by atoms with Crippen LogP contribution in [-0.4, -0.2) is 10.7 Å². The van der Waals surface area contributed by atoms with Gasteiger partial charge >= 0.3 is 0 Å². The first-order chi connectivity index (χ1) is 10.0. The second kappa shape index (κ2) is 4.66. The summed E-state index contributed by atoms with van der Waals surface area (Å²) in [6.07, 6.45) is 5.79. The number of hydrogen-bond acceptors (Lipinski definition) is 2. The van der Waals surface area contributed by atoms with Gasteiger partial charge in [-0.05, 0) is 42.6 Å². The Morgan fingerprint density at radius 3 is 2.09 bits per heavy atom. The number of hydrogen-bond donors (Lipinski definition) is 1. The van der Waals surface area contributed by atoms with E-state index in [-0.39, 0.29) is 16.4 Å². The Morgan fingerprint density at radius 1 is 1.00 bits per heavy atom. The molecule has 0 saturated heterocycles. The third kappa shape index (κ3) is 2.41. The van der Waals surface area contributed by atoms with Gasteiger partial charge in [-0.2, -0.15) is 0 Å². The molecule has 2 nitrogen and oxygen atoms in total. The molecule has 1 saturated carbocycles. The second-order valence-corrected chi connectivity index (χ2v) is 9.29. The number of rotatable bonds is 0. The summed E-state index contributed by atoms with van der Waals surface area (Å²) in [4.78, 5) is 0. The lowest BCUT2D eigenvalue weighted by Gasteiger charge is -2.29.